The first-order chi connectivity index (χ1) is 9.63. The molecule has 20 heavy (non-hydrogen) atoms. The zero-order valence-corrected chi connectivity index (χ0v) is 14.3. The number of hydrogen-bond acceptors (Lipinski definition) is 1. The fraction of sp³-hybridized carbons (Fsp3) is 0.684. The molecule has 0 nitrogen and oxygen atoms in total. The van der Waals surface area contributed by atoms with Crippen LogP contribution >= 0.6 is 11.8 Å². The van der Waals surface area contributed by atoms with E-state index in [2.05, 4.69) is 50.7 Å². The van der Waals surface area contributed by atoms with Crippen molar-refractivity contribution in [2.24, 2.45) is 0 Å². The number of unbranched alkanes of at least 4 members (excludes halogenated alkanes) is 5. The van der Waals surface area contributed by atoms with E-state index in [0.29, 0.717) is 5.41 Å². The molecule has 1 heteroatoms. The SMILES string of the molecule is CCCCCCCCc1ccc2c(c1)SCCC2(C)C. The quantitative estimate of drug-likeness (QED) is 0.526. The van der Waals surface area contributed by atoms with Crippen LogP contribution in [0.5, 0.6) is 0 Å². The third kappa shape index (κ3) is 4.28. The summed E-state index contributed by atoms with van der Waals surface area (Å²) < 4.78 is 0. The van der Waals surface area contributed by atoms with Crippen molar-refractivity contribution in [2.45, 2.75) is 82.4 Å². The number of rotatable bonds is 7. The van der Waals surface area contributed by atoms with E-state index in [0.717, 1.165) is 0 Å². The van der Waals surface area contributed by atoms with Gasteiger partial charge in [0.2, 0.25) is 0 Å². The van der Waals surface area contributed by atoms with Crippen molar-refractivity contribution < 1.29 is 0 Å². The third-order valence-electron chi connectivity index (χ3n) is 4.58. The number of fused-ring (bicyclic) bond motifs is 1. The van der Waals surface area contributed by atoms with E-state index in [-0.39, 0.29) is 0 Å². The molecule has 0 amide bonds. The van der Waals surface area contributed by atoms with Crippen molar-refractivity contribution in [3.8, 4) is 0 Å². The maximum Gasteiger partial charge on any atom is 0.0112 e. The monoisotopic (exact) mass is 290 g/mol. The Morgan fingerprint density at radius 2 is 1.80 bits per heavy atom. The average molecular weight is 291 g/mol. The lowest BCUT2D eigenvalue weighted by molar-refractivity contribution is 0.493. The van der Waals surface area contributed by atoms with Gasteiger partial charge in [-0.2, -0.15) is 0 Å². The maximum atomic E-state index is 2.47. The van der Waals surface area contributed by atoms with Crippen LogP contribution in [-0.4, -0.2) is 5.75 Å². The van der Waals surface area contributed by atoms with Gasteiger partial charge in [-0.25, -0.2) is 0 Å². The molecule has 1 heterocycles. The summed E-state index contributed by atoms with van der Waals surface area (Å²) in [4.78, 5) is 1.55. The number of thioether (sulfide) groups is 1. The summed E-state index contributed by atoms with van der Waals surface area (Å²) >= 11 is 2.06. The zero-order valence-electron chi connectivity index (χ0n) is 13.5. The van der Waals surface area contributed by atoms with E-state index >= 15 is 0 Å². The number of aryl methyl sites for hydroxylation is 1. The Morgan fingerprint density at radius 1 is 1.05 bits per heavy atom. The molecule has 0 saturated carbocycles. The highest BCUT2D eigenvalue weighted by molar-refractivity contribution is 7.99. The van der Waals surface area contributed by atoms with E-state index in [9.17, 15) is 0 Å². The van der Waals surface area contributed by atoms with E-state index < -0.39 is 0 Å². The predicted molar refractivity (Wildman–Crippen MR) is 91.9 cm³/mol. The molecule has 0 saturated heterocycles. The van der Waals surface area contributed by atoms with Crippen molar-refractivity contribution in [2.75, 3.05) is 5.75 Å². The first-order valence-corrected chi connectivity index (χ1v) is 9.38. The normalized spacial score (nSPS) is 16.9. The van der Waals surface area contributed by atoms with Gasteiger partial charge >= 0.3 is 0 Å². The highest BCUT2D eigenvalue weighted by Gasteiger charge is 2.27. The molecule has 0 radical (unpaired) electrons. The van der Waals surface area contributed by atoms with Gasteiger partial charge in [0, 0.05) is 4.90 Å². The lowest BCUT2D eigenvalue weighted by Crippen LogP contribution is -2.22. The van der Waals surface area contributed by atoms with Crippen LogP contribution in [0.25, 0.3) is 0 Å². The molecule has 2 rings (SSSR count). The Labute approximate surface area is 129 Å². The van der Waals surface area contributed by atoms with Crippen LogP contribution in [0, 0.1) is 0 Å². The van der Waals surface area contributed by atoms with Gasteiger partial charge in [0.1, 0.15) is 0 Å². The first-order valence-electron chi connectivity index (χ1n) is 8.40. The van der Waals surface area contributed by atoms with E-state index in [1.54, 1.807) is 16.0 Å². The molecule has 112 valence electrons. The minimum absolute atomic E-state index is 0.374. The van der Waals surface area contributed by atoms with Crippen LogP contribution in [0.1, 0.15) is 76.8 Å². The van der Waals surface area contributed by atoms with Gasteiger partial charge in [0.05, 0.1) is 0 Å². The molecule has 1 aliphatic rings. The molecule has 0 aliphatic carbocycles. The molecule has 1 aliphatic heterocycles. The summed E-state index contributed by atoms with van der Waals surface area (Å²) in [6, 6.07) is 7.24. The van der Waals surface area contributed by atoms with E-state index in [1.807, 2.05) is 0 Å². The Hall–Kier alpha value is -0.430. The fourth-order valence-corrected chi connectivity index (χ4v) is 4.63. The summed E-state index contributed by atoms with van der Waals surface area (Å²) in [6.07, 6.45) is 10.9. The lowest BCUT2D eigenvalue weighted by atomic mass is 9.81. The summed E-state index contributed by atoms with van der Waals surface area (Å²) in [5.41, 5.74) is 3.49. The van der Waals surface area contributed by atoms with Gasteiger partial charge in [-0.05, 0) is 47.6 Å². The van der Waals surface area contributed by atoms with Crippen LogP contribution in [-0.2, 0) is 11.8 Å². The Morgan fingerprint density at radius 3 is 2.60 bits per heavy atom. The Kier molecular flexibility index (Phi) is 6.01. The van der Waals surface area contributed by atoms with Gasteiger partial charge in [0.15, 0.2) is 0 Å². The molecule has 1 aromatic rings. The molecule has 0 fully saturated rings. The number of hydrogen-bond donors (Lipinski definition) is 0. The summed E-state index contributed by atoms with van der Waals surface area (Å²) in [5, 5.41) is 0. The second kappa shape index (κ2) is 7.54. The van der Waals surface area contributed by atoms with Crippen molar-refractivity contribution >= 4 is 11.8 Å². The highest BCUT2D eigenvalue weighted by atomic mass is 32.2. The molecule has 1 aromatic carbocycles. The number of benzene rings is 1. The van der Waals surface area contributed by atoms with Gasteiger partial charge in [-0.1, -0.05) is 65.0 Å². The highest BCUT2D eigenvalue weighted by Crippen LogP contribution is 2.41. The zero-order chi connectivity index (χ0) is 14.4. The minimum Gasteiger partial charge on any atom is -0.126 e. The molecule has 0 spiro atoms. The van der Waals surface area contributed by atoms with Crippen LogP contribution in [0.15, 0.2) is 23.1 Å². The molecule has 0 N–H and O–H groups in total. The molecular formula is C19H30S. The van der Waals surface area contributed by atoms with Crippen molar-refractivity contribution in [3.63, 3.8) is 0 Å². The molecule has 0 atom stereocenters. The second-order valence-corrected chi connectivity index (χ2v) is 7.97. The molecule has 0 aromatic heterocycles. The van der Waals surface area contributed by atoms with E-state index in [1.165, 1.54) is 57.1 Å². The largest absolute Gasteiger partial charge is 0.126 e. The maximum absolute atomic E-state index is 2.47. The van der Waals surface area contributed by atoms with Crippen molar-refractivity contribution in [1.29, 1.82) is 0 Å². The third-order valence-corrected chi connectivity index (χ3v) is 5.64. The second-order valence-electron chi connectivity index (χ2n) is 6.83. The molecular weight excluding hydrogens is 260 g/mol. The lowest BCUT2D eigenvalue weighted by Gasteiger charge is -2.32. The van der Waals surface area contributed by atoms with Gasteiger partial charge in [-0.15, -0.1) is 11.8 Å². The summed E-state index contributed by atoms with van der Waals surface area (Å²) in [6.45, 7) is 7.06. The van der Waals surface area contributed by atoms with Crippen molar-refractivity contribution in [1.82, 2.24) is 0 Å². The first kappa shape index (κ1) is 15.9. The Balaban J connectivity index is 1.85. The molecule has 0 bridgehead atoms. The van der Waals surface area contributed by atoms with Crippen molar-refractivity contribution in [3.05, 3.63) is 29.3 Å². The van der Waals surface area contributed by atoms with Crippen LogP contribution in [0.4, 0.5) is 0 Å². The van der Waals surface area contributed by atoms with E-state index in [4.69, 9.17) is 0 Å². The van der Waals surface area contributed by atoms with Gasteiger partial charge < -0.3 is 0 Å². The molecule has 0 unspecified atom stereocenters. The predicted octanol–water partition coefficient (Wildman–Crippen LogP) is 6.36. The smallest absolute Gasteiger partial charge is 0.0112 e. The summed E-state index contributed by atoms with van der Waals surface area (Å²) in [7, 11) is 0. The van der Waals surface area contributed by atoms with Crippen LogP contribution in [0.2, 0.25) is 0 Å². The average Bonchev–Trinajstić information content (AvgIpc) is 2.42. The Bertz CT molecular complexity index is 420. The fourth-order valence-electron chi connectivity index (χ4n) is 3.06. The van der Waals surface area contributed by atoms with Gasteiger partial charge in [0.25, 0.3) is 0 Å². The van der Waals surface area contributed by atoms with Gasteiger partial charge in [-0.3, -0.25) is 0 Å². The summed E-state index contributed by atoms with van der Waals surface area (Å²) in [5.74, 6) is 1.28. The standard InChI is InChI=1S/C19H30S/c1-4-5-6-7-8-9-10-16-11-12-17-18(15-16)20-14-13-19(17,2)3/h11-12,15H,4-10,13-14H2,1-3H3. The topological polar surface area (TPSA) is 0 Å². The minimum atomic E-state index is 0.374. The van der Waals surface area contributed by atoms with Crippen LogP contribution in [0.3, 0.4) is 0 Å². The van der Waals surface area contributed by atoms with Crippen LogP contribution < -0.4 is 0 Å².